The number of nitrogens with one attached hydrogen (secondary N) is 2. The molecule has 4 heteroatoms. The van der Waals surface area contributed by atoms with E-state index in [-0.39, 0.29) is 17.9 Å². The molecule has 1 rings (SSSR count). The molecule has 0 aromatic rings. The van der Waals surface area contributed by atoms with Crippen molar-refractivity contribution in [2.45, 2.75) is 26.8 Å². The third kappa shape index (κ3) is 3.80. The van der Waals surface area contributed by atoms with E-state index in [4.69, 9.17) is 4.74 Å². The van der Waals surface area contributed by atoms with Gasteiger partial charge in [0, 0.05) is 19.2 Å². The molecule has 1 amide bonds. The molecule has 1 unspecified atom stereocenters. The number of amides is 1. The summed E-state index contributed by atoms with van der Waals surface area (Å²) < 4.78 is 5.26. The molecule has 0 spiro atoms. The second kappa shape index (κ2) is 6.08. The van der Waals surface area contributed by atoms with Crippen molar-refractivity contribution in [3.05, 3.63) is 0 Å². The summed E-state index contributed by atoms with van der Waals surface area (Å²) >= 11 is 0. The highest BCUT2D eigenvalue weighted by Crippen LogP contribution is 2.15. The second-order valence-corrected chi connectivity index (χ2v) is 4.31. The lowest BCUT2D eigenvalue weighted by molar-refractivity contribution is -0.126. The molecule has 1 fully saturated rings. The normalized spacial score (nSPS) is 27.7. The summed E-state index contributed by atoms with van der Waals surface area (Å²) in [5.41, 5.74) is 0. The molecule has 0 aromatic carbocycles. The van der Waals surface area contributed by atoms with Crippen molar-refractivity contribution in [1.29, 1.82) is 0 Å². The first-order valence-electron chi connectivity index (χ1n) is 5.74. The van der Waals surface area contributed by atoms with Crippen LogP contribution in [0.15, 0.2) is 0 Å². The fourth-order valence-electron chi connectivity index (χ4n) is 1.85. The molecule has 0 saturated carbocycles. The van der Waals surface area contributed by atoms with Crippen LogP contribution in [0.5, 0.6) is 0 Å². The average Bonchev–Trinajstić information content (AvgIpc) is 2.61. The molecule has 0 aliphatic carbocycles. The Morgan fingerprint density at radius 3 is 2.87 bits per heavy atom. The van der Waals surface area contributed by atoms with Gasteiger partial charge in [-0.1, -0.05) is 6.92 Å². The molecule has 1 saturated heterocycles. The van der Waals surface area contributed by atoms with Gasteiger partial charge in [0.2, 0.25) is 5.91 Å². The number of hydrogen-bond donors (Lipinski definition) is 2. The molecule has 4 nitrogen and oxygen atoms in total. The van der Waals surface area contributed by atoms with Gasteiger partial charge in [0.1, 0.15) is 0 Å². The molecule has 1 aliphatic heterocycles. The minimum atomic E-state index is 0.102. The van der Waals surface area contributed by atoms with Crippen LogP contribution in [-0.4, -0.2) is 38.3 Å². The fourth-order valence-corrected chi connectivity index (χ4v) is 1.85. The van der Waals surface area contributed by atoms with Gasteiger partial charge < -0.3 is 15.4 Å². The highest BCUT2D eigenvalue weighted by molar-refractivity contribution is 5.79. The van der Waals surface area contributed by atoms with E-state index in [1.165, 1.54) is 0 Å². The summed E-state index contributed by atoms with van der Waals surface area (Å²) in [6.45, 7) is 9.07. The van der Waals surface area contributed by atoms with Crippen molar-refractivity contribution in [2.24, 2.45) is 11.8 Å². The summed E-state index contributed by atoms with van der Waals surface area (Å²) in [5, 5.41) is 6.21. The van der Waals surface area contributed by atoms with Gasteiger partial charge >= 0.3 is 0 Å². The quantitative estimate of drug-likeness (QED) is 0.696. The Morgan fingerprint density at radius 2 is 2.33 bits per heavy atom. The molecule has 2 N–H and O–H groups in total. The van der Waals surface area contributed by atoms with Gasteiger partial charge in [0.05, 0.1) is 12.5 Å². The van der Waals surface area contributed by atoms with Gasteiger partial charge in [-0.05, 0) is 26.3 Å². The number of rotatable bonds is 5. The lowest BCUT2D eigenvalue weighted by Crippen LogP contribution is -2.41. The van der Waals surface area contributed by atoms with E-state index in [9.17, 15) is 4.79 Å². The SMILES string of the molecule is CCOCC(C)NC(=O)[C@@H]1CNC[C@H]1C. The van der Waals surface area contributed by atoms with Crippen LogP contribution in [0.25, 0.3) is 0 Å². The maximum Gasteiger partial charge on any atom is 0.225 e. The van der Waals surface area contributed by atoms with E-state index < -0.39 is 0 Å². The molecular formula is C11H22N2O2. The maximum atomic E-state index is 11.8. The first-order chi connectivity index (χ1) is 7.15. The zero-order chi connectivity index (χ0) is 11.3. The van der Waals surface area contributed by atoms with E-state index in [0.717, 1.165) is 13.1 Å². The molecule has 0 bridgehead atoms. The van der Waals surface area contributed by atoms with E-state index in [0.29, 0.717) is 19.1 Å². The van der Waals surface area contributed by atoms with Crippen LogP contribution in [0, 0.1) is 11.8 Å². The van der Waals surface area contributed by atoms with Crippen LogP contribution in [0.1, 0.15) is 20.8 Å². The largest absolute Gasteiger partial charge is 0.380 e. The molecule has 15 heavy (non-hydrogen) atoms. The summed E-state index contributed by atoms with van der Waals surface area (Å²) in [6.07, 6.45) is 0. The second-order valence-electron chi connectivity index (χ2n) is 4.31. The predicted molar refractivity (Wildman–Crippen MR) is 59.6 cm³/mol. The Bertz CT molecular complexity index is 209. The van der Waals surface area contributed by atoms with Gasteiger partial charge in [0.25, 0.3) is 0 Å². The zero-order valence-electron chi connectivity index (χ0n) is 9.88. The average molecular weight is 214 g/mol. The first-order valence-corrected chi connectivity index (χ1v) is 5.74. The monoisotopic (exact) mass is 214 g/mol. The summed E-state index contributed by atoms with van der Waals surface area (Å²) in [7, 11) is 0. The van der Waals surface area contributed by atoms with E-state index in [1.807, 2.05) is 13.8 Å². The van der Waals surface area contributed by atoms with Gasteiger partial charge in [-0.2, -0.15) is 0 Å². The fraction of sp³-hybridized carbons (Fsp3) is 0.909. The van der Waals surface area contributed by atoms with Gasteiger partial charge in [0.15, 0.2) is 0 Å². The lowest BCUT2D eigenvalue weighted by Gasteiger charge is -2.18. The number of carbonyl (C=O) groups is 1. The number of carbonyl (C=O) groups excluding carboxylic acids is 1. The molecule has 0 aromatic heterocycles. The van der Waals surface area contributed by atoms with Crippen molar-refractivity contribution in [3.63, 3.8) is 0 Å². The molecule has 1 heterocycles. The third-order valence-corrected chi connectivity index (χ3v) is 2.81. The molecule has 1 aliphatic rings. The Labute approximate surface area is 91.8 Å². The van der Waals surface area contributed by atoms with Crippen molar-refractivity contribution >= 4 is 5.91 Å². The smallest absolute Gasteiger partial charge is 0.225 e. The van der Waals surface area contributed by atoms with E-state index in [2.05, 4.69) is 17.6 Å². The third-order valence-electron chi connectivity index (χ3n) is 2.81. The Kier molecular flexibility index (Phi) is 5.05. The van der Waals surface area contributed by atoms with Crippen LogP contribution in [-0.2, 0) is 9.53 Å². The molecule has 3 atom stereocenters. The Morgan fingerprint density at radius 1 is 1.60 bits per heavy atom. The van der Waals surface area contributed by atoms with Gasteiger partial charge in [-0.15, -0.1) is 0 Å². The predicted octanol–water partition coefficient (Wildman–Crippen LogP) is 0.383. The molecule has 88 valence electrons. The topological polar surface area (TPSA) is 50.4 Å². The highest BCUT2D eigenvalue weighted by atomic mass is 16.5. The summed E-state index contributed by atoms with van der Waals surface area (Å²) in [4.78, 5) is 11.8. The first kappa shape index (κ1) is 12.5. The van der Waals surface area contributed by atoms with E-state index in [1.54, 1.807) is 0 Å². The van der Waals surface area contributed by atoms with Crippen LogP contribution >= 0.6 is 0 Å². The number of hydrogen-bond acceptors (Lipinski definition) is 3. The van der Waals surface area contributed by atoms with Crippen molar-refractivity contribution in [3.8, 4) is 0 Å². The van der Waals surface area contributed by atoms with Crippen molar-refractivity contribution in [1.82, 2.24) is 10.6 Å². The summed E-state index contributed by atoms with van der Waals surface area (Å²) in [5.74, 6) is 0.707. The zero-order valence-corrected chi connectivity index (χ0v) is 9.88. The van der Waals surface area contributed by atoms with Crippen molar-refractivity contribution in [2.75, 3.05) is 26.3 Å². The Hall–Kier alpha value is -0.610. The molecular weight excluding hydrogens is 192 g/mol. The number of ether oxygens (including phenoxy) is 1. The van der Waals surface area contributed by atoms with Crippen LogP contribution < -0.4 is 10.6 Å². The highest BCUT2D eigenvalue weighted by Gasteiger charge is 2.29. The van der Waals surface area contributed by atoms with Gasteiger partial charge in [-0.25, -0.2) is 0 Å². The Balaban J connectivity index is 2.28. The van der Waals surface area contributed by atoms with Crippen LogP contribution in [0.3, 0.4) is 0 Å². The molecule has 0 radical (unpaired) electrons. The standard InChI is InChI=1S/C11H22N2O2/c1-4-15-7-9(3)13-11(14)10-6-12-5-8(10)2/h8-10,12H,4-7H2,1-3H3,(H,13,14)/t8-,9?,10-/m1/s1. The minimum Gasteiger partial charge on any atom is -0.380 e. The lowest BCUT2D eigenvalue weighted by atomic mass is 9.97. The van der Waals surface area contributed by atoms with Gasteiger partial charge in [-0.3, -0.25) is 4.79 Å². The van der Waals surface area contributed by atoms with E-state index >= 15 is 0 Å². The van der Waals surface area contributed by atoms with Crippen LogP contribution in [0.4, 0.5) is 0 Å². The summed E-state index contributed by atoms with van der Waals surface area (Å²) in [6, 6.07) is 0.102. The minimum absolute atomic E-state index is 0.102. The maximum absolute atomic E-state index is 11.8. The van der Waals surface area contributed by atoms with Crippen molar-refractivity contribution < 1.29 is 9.53 Å². The van der Waals surface area contributed by atoms with Crippen LogP contribution in [0.2, 0.25) is 0 Å².